The van der Waals surface area contributed by atoms with Crippen LogP contribution in [0.3, 0.4) is 0 Å². The smallest absolute Gasteiger partial charge is 0.273 e. The fourth-order valence-electron chi connectivity index (χ4n) is 5.22. The SMILES string of the molecule is CC(C)c1ccc(-c2cc3n(n2)CC(C)(C(=O)NC2CCCCC2)N(Cc2ccco2)C3=O)cc1. The van der Waals surface area contributed by atoms with Gasteiger partial charge in [-0.25, -0.2) is 0 Å². The zero-order chi connectivity index (χ0) is 24.6. The minimum atomic E-state index is -1.08. The molecule has 1 saturated carbocycles. The lowest BCUT2D eigenvalue weighted by Crippen LogP contribution is -2.64. The van der Waals surface area contributed by atoms with Crippen molar-refractivity contribution in [2.45, 2.75) is 83.5 Å². The summed E-state index contributed by atoms with van der Waals surface area (Å²) in [5, 5.41) is 8.01. The van der Waals surface area contributed by atoms with Gasteiger partial charge in [0.25, 0.3) is 5.91 Å². The molecule has 1 aromatic carbocycles. The van der Waals surface area contributed by atoms with Gasteiger partial charge in [-0.2, -0.15) is 5.10 Å². The number of fused-ring (bicyclic) bond motifs is 1. The summed E-state index contributed by atoms with van der Waals surface area (Å²) < 4.78 is 7.25. The number of carbonyl (C=O) groups is 2. The standard InChI is InChI=1S/C28H34N4O3/c1-19(2)20-11-13-21(14-12-20)24-16-25-26(33)31(17-23-10-7-15-35-23)28(3,18-32(25)30-24)27(34)29-22-8-5-4-6-9-22/h7,10-16,19,22H,4-6,8-9,17-18H2,1-3H3,(H,29,34). The first-order chi connectivity index (χ1) is 16.8. The summed E-state index contributed by atoms with van der Waals surface area (Å²) in [6.07, 6.45) is 7.02. The van der Waals surface area contributed by atoms with E-state index in [1.165, 1.54) is 12.0 Å². The van der Waals surface area contributed by atoms with Crippen molar-refractivity contribution in [2.75, 3.05) is 0 Å². The maximum atomic E-state index is 13.8. The average Bonchev–Trinajstić information content (AvgIpc) is 3.52. The summed E-state index contributed by atoms with van der Waals surface area (Å²) >= 11 is 0. The van der Waals surface area contributed by atoms with Crippen LogP contribution >= 0.6 is 0 Å². The van der Waals surface area contributed by atoms with Gasteiger partial charge in [0.2, 0.25) is 5.91 Å². The van der Waals surface area contributed by atoms with Crippen LogP contribution in [0.2, 0.25) is 0 Å². The van der Waals surface area contributed by atoms with Gasteiger partial charge in [-0.3, -0.25) is 14.3 Å². The van der Waals surface area contributed by atoms with Crippen LogP contribution in [0.25, 0.3) is 11.3 Å². The number of rotatable bonds is 6. The number of hydrogen-bond donors (Lipinski definition) is 1. The summed E-state index contributed by atoms with van der Waals surface area (Å²) in [5.74, 6) is 0.742. The molecule has 7 nitrogen and oxygen atoms in total. The zero-order valence-electron chi connectivity index (χ0n) is 20.8. The molecule has 3 heterocycles. The highest BCUT2D eigenvalue weighted by atomic mass is 16.3. The second kappa shape index (κ2) is 9.36. The molecule has 1 N–H and O–H groups in total. The third kappa shape index (κ3) is 4.51. The molecule has 0 saturated heterocycles. The van der Waals surface area contributed by atoms with Gasteiger partial charge < -0.3 is 14.6 Å². The largest absolute Gasteiger partial charge is 0.467 e. The first-order valence-electron chi connectivity index (χ1n) is 12.7. The maximum Gasteiger partial charge on any atom is 0.273 e. The summed E-state index contributed by atoms with van der Waals surface area (Å²) in [5.41, 5.74) is 2.35. The fraction of sp³-hybridized carbons (Fsp3) is 0.464. The number of nitrogens with zero attached hydrogens (tertiary/aromatic N) is 3. The van der Waals surface area contributed by atoms with E-state index in [0.29, 0.717) is 17.4 Å². The molecule has 184 valence electrons. The Morgan fingerprint density at radius 2 is 1.91 bits per heavy atom. The molecule has 35 heavy (non-hydrogen) atoms. The highest BCUT2D eigenvalue weighted by Crippen LogP contribution is 2.32. The van der Waals surface area contributed by atoms with Crippen molar-refractivity contribution in [2.24, 2.45) is 0 Å². The van der Waals surface area contributed by atoms with Crippen molar-refractivity contribution in [1.82, 2.24) is 20.0 Å². The second-order valence-electron chi connectivity index (χ2n) is 10.4. The lowest BCUT2D eigenvalue weighted by atomic mass is 9.91. The van der Waals surface area contributed by atoms with Crippen molar-refractivity contribution >= 4 is 11.8 Å². The van der Waals surface area contributed by atoms with E-state index < -0.39 is 5.54 Å². The number of benzene rings is 1. The number of furan rings is 1. The molecular weight excluding hydrogens is 440 g/mol. The summed E-state index contributed by atoms with van der Waals surface area (Å²) in [6.45, 7) is 6.68. The van der Waals surface area contributed by atoms with Crippen LogP contribution in [-0.2, 0) is 17.9 Å². The molecule has 1 atom stereocenters. The molecule has 0 radical (unpaired) electrons. The number of amides is 2. The van der Waals surface area contributed by atoms with Gasteiger partial charge in [-0.15, -0.1) is 0 Å². The predicted octanol–water partition coefficient (Wildman–Crippen LogP) is 5.13. The van der Waals surface area contributed by atoms with Crippen molar-refractivity contribution in [3.8, 4) is 11.3 Å². The van der Waals surface area contributed by atoms with E-state index in [1.807, 2.05) is 31.2 Å². The van der Waals surface area contributed by atoms with Crippen LogP contribution in [0.5, 0.6) is 0 Å². The Labute approximate surface area is 206 Å². The van der Waals surface area contributed by atoms with E-state index in [-0.39, 0.29) is 30.9 Å². The molecule has 5 rings (SSSR count). The Kier molecular flexibility index (Phi) is 6.26. The molecule has 1 fully saturated rings. The highest BCUT2D eigenvalue weighted by Gasteiger charge is 2.48. The maximum absolute atomic E-state index is 13.8. The molecule has 7 heteroatoms. The molecular formula is C28H34N4O3. The van der Waals surface area contributed by atoms with Gasteiger partial charge in [0.05, 0.1) is 25.0 Å². The van der Waals surface area contributed by atoms with Gasteiger partial charge >= 0.3 is 0 Å². The fourth-order valence-corrected chi connectivity index (χ4v) is 5.22. The van der Waals surface area contributed by atoms with Crippen LogP contribution < -0.4 is 5.32 Å². The first-order valence-corrected chi connectivity index (χ1v) is 12.7. The molecule has 3 aromatic rings. The van der Waals surface area contributed by atoms with Gasteiger partial charge in [0, 0.05) is 11.6 Å². The lowest BCUT2D eigenvalue weighted by molar-refractivity contribution is -0.134. The Hall–Kier alpha value is -3.35. The number of hydrogen-bond acceptors (Lipinski definition) is 4. The van der Waals surface area contributed by atoms with E-state index in [4.69, 9.17) is 9.52 Å². The second-order valence-corrected chi connectivity index (χ2v) is 10.4. The molecule has 1 unspecified atom stereocenters. The summed E-state index contributed by atoms with van der Waals surface area (Å²) in [7, 11) is 0. The van der Waals surface area contributed by atoms with Crippen LogP contribution in [0.15, 0.2) is 53.1 Å². The van der Waals surface area contributed by atoms with Crippen molar-refractivity contribution in [1.29, 1.82) is 0 Å². The normalized spacial score (nSPS) is 20.8. The quantitative estimate of drug-likeness (QED) is 0.537. The third-order valence-electron chi connectivity index (χ3n) is 7.49. The predicted molar refractivity (Wildman–Crippen MR) is 134 cm³/mol. The lowest BCUT2D eigenvalue weighted by Gasteiger charge is -2.43. The minimum absolute atomic E-state index is 0.131. The Morgan fingerprint density at radius 1 is 1.17 bits per heavy atom. The van der Waals surface area contributed by atoms with E-state index in [2.05, 4.69) is 31.3 Å². The molecule has 1 aliphatic heterocycles. The van der Waals surface area contributed by atoms with E-state index >= 15 is 0 Å². The zero-order valence-corrected chi connectivity index (χ0v) is 20.8. The van der Waals surface area contributed by atoms with Gasteiger partial charge in [0.15, 0.2) is 0 Å². The van der Waals surface area contributed by atoms with Crippen molar-refractivity contribution in [3.05, 3.63) is 65.7 Å². The van der Waals surface area contributed by atoms with Crippen molar-refractivity contribution < 1.29 is 14.0 Å². The number of nitrogens with one attached hydrogen (secondary N) is 1. The minimum Gasteiger partial charge on any atom is -0.467 e. The van der Waals surface area contributed by atoms with Gasteiger partial charge in [0.1, 0.15) is 17.0 Å². The van der Waals surface area contributed by atoms with E-state index in [0.717, 1.165) is 36.9 Å². The first kappa shape index (κ1) is 23.4. The van der Waals surface area contributed by atoms with Gasteiger partial charge in [-0.1, -0.05) is 57.4 Å². The summed E-state index contributed by atoms with van der Waals surface area (Å²) in [6, 6.07) is 13.9. The van der Waals surface area contributed by atoms with E-state index in [9.17, 15) is 9.59 Å². The average molecular weight is 475 g/mol. The summed E-state index contributed by atoms with van der Waals surface area (Å²) in [4.78, 5) is 29.1. The Morgan fingerprint density at radius 3 is 2.57 bits per heavy atom. The Bertz CT molecular complexity index is 1190. The van der Waals surface area contributed by atoms with Crippen LogP contribution in [0, 0.1) is 0 Å². The van der Waals surface area contributed by atoms with E-state index in [1.54, 1.807) is 21.9 Å². The van der Waals surface area contributed by atoms with Crippen LogP contribution in [0.4, 0.5) is 0 Å². The van der Waals surface area contributed by atoms with Crippen LogP contribution in [-0.4, -0.2) is 38.1 Å². The van der Waals surface area contributed by atoms with Crippen molar-refractivity contribution in [3.63, 3.8) is 0 Å². The molecule has 2 aliphatic rings. The Balaban J connectivity index is 1.48. The third-order valence-corrected chi connectivity index (χ3v) is 7.49. The molecule has 0 bridgehead atoms. The molecule has 1 aliphatic carbocycles. The van der Waals surface area contributed by atoms with Gasteiger partial charge in [-0.05, 0) is 49.4 Å². The molecule has 2 amide bonds. The van der Waals surface area contributed by atoms with Crippen LogP contribution in [0.1, 0.15) is 80.6 Å². The topological polar surface area (TPSA) is 80.4 Å². The molecule has 0 spiro atoms. The highest BCUT2D eigenvalue weighted by molar-refractivity contribution is 6.00. The number of carbonyl (C=O) groups excluding carboxylic acids is 2. The monoisotopic (exact) mass is 474 g/mol. The number of aromatic nitrogens is 2. The molecule has 2 aromatic heterocycles.